The molecule has 3 rings (SSSR count). The van der Waals surface area contributed by atoms with Crippen molar-refractivity contribution in [3.8, 4) is 11.5 Å². The predicted octanol–water partition coefficient (Wildman–Crippen LogP) is 5.60. The molecule has 0 radical (unpaired) electrons. The van der Waals surface area contributed by atoms with E-state index in [0.717, 1.165) is 30.0 Å². The molecular weight excluding hydrogens is 329 g/mol. The zero-order chi connectivity index (χ0) is 18.2. The van der Waals surface area contributed by atoms with Gasteiger partial charge in [-0.3, -0.25) is 4.68 Å². The number of alkyl halides is 1. The highest BCUT2D eigenvalue weighted by Crippen LogP contribution is 2.27. The third-order valence-corrected chi connectivity index (χ3v) is 4.13. The molecule has 0 aliphatic rings. The van der Waals surface area contributed by atoms with Gasteiger partial charge in [-0.2, -0.15) is 5.10 Å². The fraction of sp³-hybridized carbons (Fsp3) is 0.286. The minimum Gasteiger partial charge on any atom is -0.457 e. The Hall–Kier alpha value is -2.82. The summed E-state index contributed by atoms with van der Waals surface area (Å²) in [6.07, 6.45) is 5.63. The molecular formula is C21H24FN3O. The van der Waals surface area contributed by atoms with E-state index in [2.05, 4.69) is 29.5 Å². The van der Waals surface area contributed by atoms with Gasteiger partial charge in [0.25, 0.3) is 0 Å². The highest BCUT2D eigenvalue weighted by atomic mass is 19.1. The Morgan fingerprint density at radius 2 is 1.81 bits per heavy atom. The van der Waals surface area contributed by atoms with Gasteiger partial charge in [0.2, 0.25) is 0 Å². The van der Waals surface area contributed by atoms with Gasteiger partial charge < -0.3 is 10.1 Å². The normalized spacial score (nSPS) is 11.9. The SMILES string of the molecule is CCCC(Nc1cnn(CCF)c1)c1ccc(Oc2ccccc2)cc1. The summed E-state index contributed by atoms with van der Waals surface area (Å²) in [5, 5.41) is 7.67. The third kappa shape index (κ3) is 4.85. The summed E-state index contributed by atoms with van der Waals surface area (Å²) in [5.41, 5.74) is 2.09. The number of aryl methyl sites for hydroxylation is 1. The summed E-state index contributed by atoms with van der Waals surface area (Å²) >= 11 is 0. The fourth-order valence-corrected chi connectivity index (χ4v) is 2.85. The maximum absolute atomic E-state index is 12.4. The van der Waals surface area contributed by atoms with Crippen LogP contribution in [0, 0.1) is 0 Å². The summed E-state index contributed by atoms with van der Waals surface area (Å²) in [7, 11) is 0. The number of halogens is 1. The predicted molar refractivity (Wildman–Crippen MR) is 102 cm³/mol. The molecule has 1 aromatic heterocycles. The van der Waals surface area contributed by atoms with Crippen LogP contribution >= 0.6 is 0 Å². The van der Waals surface area contributed by atoms with E-state index in [0.29, 0.717) is 0 Å². The van der Waals surface area contributed by atoms with Crippen LogP contribution in [0.25, 0.3) is 0 Å². The van der Waals surface area contributed by atoms with E-state index in [1.54, 1.807) is 10.9 Å². The minimum atomic E-state index is -0.414. The first kappa shape index (κ1) is 18.0. The first-order chi connectivity index (χ1) is 12.8. The van der Waals surface area contributed by atoms with E-state index >= 15 is 0 Å². The van der Waals surface area contributed by atoms with Gasteiger partial charge in [0.05, 0.1) is 24.5 Å². The van der Waals surface area contributed by atoms with E-state index in [9.17, 15) is 4.39 Å². The molecule has 0 amide bonds. The summed E-state index contributed by atoms with van der Waals surface area (Å²) < 4.78 is 19.9. The number of nitrogens with zero attached hydrogens (tertiary/aromatic N) is 2. The van der Waals surface area contributed by atoms with Crippen LogP contribution in [-0.2, 0) is 6.54 Å². The van der Waals surface area contributed by atoms with Crippen molar-refractivity contribution in [2.45, 2.75) is 32.4 Å². The van der Waals surface area contributed by atoms with Crippen LogP contribution in [0.5, 0.6) is 11.5 Å². The van der Waals surface area contributed by atoms with Gasteiger partial charge in [-0.25, -0.2) is 4.39 Å². The number of anilines is 1. The molecule has 1 heterocycles. The van der Waals surface area contributed by atoms with Crippen LogP contribution in [0.1, 0.15) is 31.4 Å². The lowest BCUT2D eigenvalue weighted by atomic mass is 10.0. The van der Waals surface area contributed by atoms with Crippen molar-refractivity contribution in [2.75, 3.05) is 12.0 Å². The molecule has 0 bridgehead atoms. The van der Waals surface area contributed by atoms with Crippen molar-refractivity contribution in [2.24, 2.45) is 0 Å². The maximum Gasteiger partial charge on any atom is 0.127 e. The third-order valence-electron chi connectivity index (χ3n) is 4.13. The maximum atomic E-state index is 12.4. The highest BCUT2D eigenvalue weighted by Gasteiger charge is 2.12. The van der Waals surface area contributed by atoms with Crippen LogP contribution < -0.4 is 10.1 Å². The van der Waals surface area contributed by atoms with Crippen LogP contribution in [-0.4, -0.2) is 16.5 Å². The van der Waals surface area contributed by atoms with Crippen LogP contribution in [0.3, 0.4) is 0 Å². The Labute approximate surface area is 153 Å². The number of rotatable bonds is 9. The Morgan fingerprint density at radius 1 is 1.08 bits per heavy atom. The number of benzene rings is 2. The van der Waals surface area contributed by atoms with Crippen molar-refractivity contribution >= 4 is 5.69 Å². The van der Waals surface area contributed by atoms with Gasteiger partial charge in [0.15, 0.2) is 0 Å². The molecule has 26 heavy (non-hydrogen) atoms. The number of hydrogen-bond donors (Lipinski definition) is 1. The standard InChI is InChI=1S/C21H24FN3O/c1-2-6-21(24-18-15-23-25(16-18)14-13-22)17-9-11-20(12-10-17)26-19-7-4-3-5-8-19/h3-5,7-12,15-16,21,24H,2,6,13-14H2,1H3. The molecule has 0 aliphatic heterocycles. The Bertz CT molecular complexity index is 787. The van der Waals surface area contributed by atoms with Gasteiger partial charge >= 0.3 is 0 Å². The van der Waals surface area contributed by atoms with Crippen molar-refractivity contribution in [1.29, 1.82) is 0 Å². The second-order valence-corrected chi connectivity index (χ2v) is 6.15. The number of hydrogen-bond acceptors (Lipinski definition) is 3. The lowest BCUT2D eigenvalue weighted by Gasteiger charge is -2.19. The molecule has 0 saturated heterocycles. The van der Waals surface area contributed by atoms with E-state index in [4.69, 9.17) is 4.74 Å². The van der Waals surface area contributed by atoms with Crippen molar-refractivity contribution in [3.63, 3.8) is 0 Å². The largest absolute Gasteiger partial charge is 0.457 e. The lowest BCUT2D eigenvalue weighted by molar-refractivity contribution is 0.427. The van der Waals surface area contributed by atoms with Gasteiger partial charge in [0, 0.05) is 6.20 Å². The van der Waals surface area contributed by atoms with E-state index in [-0.39, 0.29) is 12.6 Å². The van der Waals surface area contributed by atoms with Crippen molar-refractivity contribution in [3.05, 3.63) is 72.6 Å². The number of aromatic nitrogens is 2. The second kappa shape index (κ2) is 9.04. The average Bonchev–Trinajstić information content (AvgIpc) is 3.10. The average molecular weight is 353 g/mol. The Morgan fingerprint density at radius 3 is 2.50 bits per heavy atom. The highest BCUT2D eigenvalue weighted by molar-refractivity contribution is 5.43. The molecule has 4 nitrogen and oxygen atoms in total. The quantitative estimate of drug-likeness (QED) is 0.544. The smallest absolute Gasteiger partial charge is 0.127 e. The monoisotopic (exact) mass is 353 g/mol. The zero-order valence-corrected chi connectivity index (χ0v) is 14.9. The molecule has 0 spiro atoms. The summed E-state index contributed by atoms with van der Waals surface area (Å²) in [5.74, 6) is 1.63. The minimum absolute atomic E-state index is 0.175. The van der Waals surface area contributed by atoms with Crippen molar-refractivity contribution in [1.82, 2.24) is 9.78 Å². The molecule has 1 N–H and O–H groups in total. The van der Waals surface area contributed by atoms with E-state index in [1.807, 2.05) is 48.7 Å². The molecule has 2 aromatic carbocycles. The fourth-order valence-electron chi connectivity index (χ4n) is 2.85. The van der Waals surface area contributed by atoms with E-state index in [1.165, 1.54) is 5.56 Å². The zero-order valence-electron chi connectivity index (χ0n) is 14.9. The molecule has 1 atom stereocenters. The molecule has 5 heteroatoms. The Balaban J connectivity index is 1.68. The molecule has 0 saturated carbocycles. The molecule has 1 unspecified atom stereocenters. The lowest BCUT2D eigenvalue weighted by Crippen LogP contribution is -2.10. The summed E-state index contributed by atoms with van der Waals surface area (Å²) in [6.45, 7) is 2.03. The summed E-state index contributed by atoms with van der Waals surface area (Å²) in [6, 6.07) is 18.0. The number of ether oxygens (including phenoxy) is 1. The van der Waals surface area contributed by atoms with Gasteiger partial charge in [-0.1, -0.05) is 43.7 Å². The second-order valence-electron chi connectivity index (χ2n) is 6.15. The van der Waals surface area contributed by atoms with Crippen LogP contribution in [0.4, 0.5) is 10.1 Å². The van der Waals surface area contributed by atoms with Crippen LogP contribution in [0.15, 0.2) is 67.0 Å². The topological polar surface area (TPSA) is 39.1 Å². The molecule has 3 aromatic rings. The first-order valence-corrected chi connectivity index (χ1v) is 8.96. The van der Waals surface area contributed by atoms with Crippen LogP contribution in [0.2, 0.25) is 0 Å². The Kier molecular flexibility index (Phi) is 6.25. The molecule has 0 fully saturated rings. The van der Waals surface area contributed by atoms with E-state index < -0.39 is 6.67 Å². The summed E-state index contributed by atoms with van der Waals surface area (Å²) in [4.78, 5) is 0. The number of nitrogens with one attached hydrogen (secondary N) is 1. The first-order valence-electron chi connectivity index (χ1n) is 8.96. The number of para-hydroxylation sites is 1. The molecule has 0 aliphatic carbocycles. The van der Waals surface area contributed by atoms with Crippen molar-refractivity contribution < 1.29 is 9.13 Å². The van der Waals surface area contributed by atoms with Gasteiger partial charge in [-0.05, 0) is 36.2 Å². The van der Waals surface area contributed by atoms with Gasteiger partial charge in [-0.15, -0.1) is 0 Å². The molecule has 136 valence electrons. The van der Waals surface area contributed by atoms with Gasteiger partial charge in [0.1, 0.15) is 18.2 Å².